The van der Waals surface area contributed by atoms with Crippen molar-refractivity contribution in [1.29, 1.82) is 0 Å². The van der Waals surface area contributed by atoms with Crippen LogP contribution >= 0.6 is 34.7 Å². The van der Waals surface area contributed by atoms with Crippen molar-refractivity contribution in [2.24, 2.45) is 5.92 Å². The van der Waals surface area contributed by atoms with Gasteiger partial charge in [0, 0.05) is 29.9 Å². The van der Waals surface area contributed by atoms with Crippen LogP contribution in [0.4, 0.5) is 0 Å². The summed E-state index contributed by atoms with van der Waals surface area (Å²) in [5, 5.41) is 13.2. The molecule has 0 N–H and O–H groups in total. The van der Waals surface area contributed by atoms with E-state index in [9.17, 15) is 4.79 Å². The highest BCUT2D eigenvalue weighted by Gasteiger charge is 2.23. The summed E-state index contributed by atoms with van der Waals surface area (Å²) >= 11 is 9.38. The molecule has 1 aliphatic rings. The number of hydrogen-bond donors (Lipinski definition) is 0. The van der Waals surface area contributed by atoms with Gasteiger partial charge in [0.25, 0.3) is 5.91 Å². The van der Waals surface area contributed by atoms with Gasteiger partial charge in [0.2, 0.25) is 0 Å². The Labute approximate surface area is 218 Å². The summed E-state index contributed by atoms with van der Waals surface area (Å²) in [5.41, 5.74) is 2.63. The molecule has 35 heavy (non-hydrogen) atoms. The lowest BCUT2D eigenvalue weighted by Crippen LogP contribution is -2.38. The van der Waals surface area contributed by atoms with Crippen molar-refractivity contribution < 1.29 is 4.79 Å². The Bertz CT molecular complexity index is 1300. The third-order valence-electron chi connectivity index (χ3n) is 6.14. The Morgan fingerprint density at radius 3 is 2.69 bits per heavy atom. The fourth-order valence-electron chi connectivity index (χ4n) is 4.14. The van der Waals surface area contributed by atoms with Crippen molar-refractivity contribution in [2.45, 2.75) is 37.1 Å². The van der Waals surface area contributed by atoms with E-state index in [1.165, 1.54) is 11.3 Å². The number of amides is 1. The van der Waals surface area contributed by atoms with Crippen LogP contribution in [-0.4, -0.2) is 43.6 Å². The second-order valence-electron chi connectivity index (χ2n) is 8.77. The van der Waals surface area contributed by atoms with E-state index in [4.69, 9.17) is 11.6 Å². The Morgan fingerprint density at radius 1 is 1.11 bits per heavy atom. The van der Waals surface area contributed by atoms with Gasteiger partial charge in [0.1, 0.15) is 16.5 Å². The highest BCUT2D eigenvalue weighted by atomic mass is 35.5. The zero-order chi connectivity index (χ0) is 24.2. The van der Waals surface area contributed by atoms with Crippen molar-refractivity contribution in [1.82, 2.24) is 24.6 Å². The average molecular weight is 524 g/mol. The highest BCUT2D eigenvalue weighted by molar-refractivity contribution is 7.98. The molecule has 4 aromatic rings. The van der Waals surface area contributed by atoms with Gasteiger partial charge in [-0.3, -0.25) is 9.36 Å². The molecule has 5 rings (SSSR count). The second-order valence-corrected chi connectivity index (χ2v) is 11.1. The first kappa shape index (κ1) is 24.0. The van der Waals surface area contributed by atoms with E-state index < -0.39 is 0 Å². The molecule has 180 valence electrons. The SMILES string of the molecule is CC1CCN(C(=O)c2csc(CSc3nnc(Cc4ccccc4)n3-c3cccc(Cl)c3)n2)CC1. The van der Waals surface area contributed by atoms with Gasteiger partial charge < -0.3 is 4.90 Å². The second kappa shape index (κ2) is 10.9. The first-order valence-electron chi connectivity index (χ1n) is 11.7. The molecule has 6 nitrogen and oxygen atoms in total. The van der Waals surface area contributed by atoms with Crippen molar-refractivity contribution in [3.8, 4) is 5.69 Å². The standard InChI is InChI=1S/C26H26ClN5OS2/c1-18-10-12-31(13-11-18)25(33)22-16-34-24(28-22)17-35-26-30-29-23(14-19-6-3-2-4-7-19)32(26)21-9-5-8-20(27)15-21/h2-9,15-16,18H,10-14,17H2,1H3. The molecule has 2 aromatic heterocycles. The zero-order valence-corrected chi connectivity index (χ0v) is 21.8. The molecule has 0 radical (unpaired) electrons. The molecule has 0 aliphatic carbocycles. The van der Waals surface area contributed by atoms with Crippen LogP contribution < -0.4 is 0 Å². The van der Waals surface area contributed by atoms with E-state index >= 15 is 0 Å². The Balaban J connectivity index is 1.34. The maximum Gasteiger partial charge on any atom is 0.273 e. The molecule has 0 spiro atoms. The average Bonchev–Trinajstić information content (AvgIpc) is 3.50. The molecule has 0 saturated carbocycles. The van der Waals surface area contributed by atoms with Crippen molar-refractivity contribution >= 4 is 40.6 Å². The predicted octanol–water partition coefficient (Wildman–Crippen LogP) is 6.13. The number of nitrogens with zero attached hydrogens (tertiary/aromatic N) is 5. The Hall–Kier alpha value is -2.68. The smallest absolute Gasteiger partial charge is 0.273 e. The van der Waals surface area contributed by atoms with E-state index in [0.29, 0.717) is 28.8 Å². The summed E-state index contributed by atoms with van der Waals surface area (Å²) in [6.45, 7) is 3.87. The molecular weight excluding hydrogens is 498 g/mol. The molecule has 0 atom stereocenters. The first-order chi connectivity index (χ1) is 17.1. The number of likely N-dealkylation sites (tertiary alicyclic amines) is 1. The van der Waals surface area contributed by atoms with Crippen LogP contribution in [-0.2, 0) is 12.2 Å². The van der Waals surface area contributed by atoms with Gasteiger partial charge in [-0.2, -0.15) is 0 Å². The summed E-state index contributed by atoms with van der Waals surface area (Å²) in [6, 6.07) is 17.9. The summed E-state index contributed by atoms with van der Waals surface area (Å²) in [4.78, 5) is 19.4. The Kier molecular flexibility index (Phi) is 7.51. The molecule has 3 heterocycles. The molecule has 2 aromatic carbocycles. The number of rotatable bonds is 7. The number of thiazole rings is 1. The molecule has 0 bridgehead atoms. The van der Waals surface area contributed by atoms with Gasteiger partial charge in [-0.05, 0) is 42.5 Å². The highest BCUT2D eigenvalue weighted by Crippen LogP contribution is 2.29. The van der Waals surface area contributed by atoms with Gasteiger partial charge in [-0.25, -0.2) is 4.98 Å². The monoisotopic (exact) mass is 523 g/mol. The fraction of sp³-hybridized carbons (Fsp3) is 0.308. The van der Waals surface area contributed by atoms with Crippen LogP contribution in [0.3, 0.4) is 0 Å². The lowest BCUT2D eigenvalue weighted by molar-refractivity contribution is 0.0692. The number of halogens is 1. The molecular formula is C26H26ClN5OS2. The van der Waals surface area contributed by atoms with Gasteiger partial charge in [-0.1, -0.05) is 66.7 Å². The largest absolute Gasteiger partial charge is 0.337 e. The number of benzene rings is 2. The molecule has 9 heteroatoms. The summed E-state index contributed by atoms with van der Waals surface area (Å²) < 4.78 is 2.05. The number of carbonyl (C=O) groups is 1. The van der Waals surface area contributed by atoms with Crippen LogP contribution in [0.25, 0.3) is 5.69 Å². The topological polar surface area (TPSA) is 63.9 Å². The maximum atomic E-state index is 12.9. The van der Waals surface area contributed by atoms with Crippen molar-refractivity contribution in [2.75, 3.05) is 13.1 Å². The lowest BCUT2D eigenvalue weighted by Gasteiger charge is -2.29. The minimum Gasteiger partial charge on any atom is -0.337 e. The maximum absolute atomic E-state index is 12.9. The molecule has 0 unspecified atom stereocenters. The van der Waals surface area contributed by atoms with E-state index in [0.717, 1.165) is 53.2 Å². The van der Waals surface area contributed by atoms with Crippen LogP contribution in [0, 0.1) is 5.92 Å². The predicted molar refractivity (Wildman–Crippen MR) is 142 cm³/mol. The van der Waals surface area contributed by atoms with E-state index in [1.807, 2.05) is 52.7 Å². The quantitative estimate of drug-likeness (QED) is 0.272. The summed E-state index contributed by atoms with van der Waals surface area (Å²) in [5.74, 6) is 2.18. The van der Waals surface area contributed by atoms with Crippen LogP contribution in [0.15, 0.2) is 65.1 Å². The van der Waals surface area contributed by atoms with Crippen molar-refractivity contribution in [3.63, 3.8) is 0 Å². The number of thioether (sulfide) groups is 1. The van der Waals surface area contributed by atoms with Crippen LogP contribution in [0.5, 0.6) is 0 Å². The zero-order valence-electron chi connectivity index (χ0n) is 19.4. The first-order valence-corrected chi connectivity index (χ1v) is 13.9. The van der Waals surface area contributed by atoms with E-state index in [-0.39, 0.29) is 5.91 Å². The Morgan fingerprint density at radius 2 is 1.91 bits per heavy atom. The van der Waals surface area contributed by atoms with Gasteiger partial charge in [0.05, 0.1) is 11.4 Å². The number of aromatic nitrogens is 4. The minimum absolute atomic E-state index is 0.0386. The number of hydrogen-bond acceptors (Lipinski definition) is 6. The third-order valence-corrected chi connectivity index (χ3v) is 8.35. The minimum atomic E-state index is 0.0386. The van der Waals surface area contributed by atoms with Crippen molar-refractivity contribution in [3.05, 3.63) is 87.1 Å². The van der Waals surface area contributed by atoms with Crippen LogP contribution in [0.1, 0.15) is 46.6 Å². The lowest BCUT2D eigenvalue weighted by atomic mass is 9.99. The third kappa shape index (κ3) is 5.77. The molecule has 1 saturated heterocycles. The fourth-order valence-corrected chi connectivity index (χ4v) is 6.08. The number of piperidine rings is 1. The molecule has 1 fully saturated rings. The van der Waals surface area contributed by atoms with E-state index in [1.54, 1.807) is 11.8 Å². The number of carbonyl (C=O) groups excluding carboxylic acids is 1. The van der Waals surface area contributed by atoms with Gasteiger partial charge >= 0.3 is 0 Å². The van der Waals surface area contributed by atoms with Gasteiger partial charge in [-0.15, -0.1) is 21.5 Å². The molecule has 1 amide bonds. The van der Waals surface area contributed by atoms with Crippen LogP contribution in [0.2, 0.25) is 5.02 Å². The molecule has 1 aliphatic heterocycles. The summed E-state index contributed by atoms with van der Waals surface area (Å²) in [7, 11) is 0. The van der Waals surface area contributed by atoms with Gasteiger partial charge in [0.15, 0.2) is 5.16 Å². The summed E-state index contributed by atoms with van der Waals surface area (Å²) in [6.07, 6.45) is 2.78. The normalized spacial score (nSPS) is 14.4. The van der Waals surface area contributed by atoms with E-state index in [2.05, 4.69) is 38.8 Å².